The van der Waals surface area contributed by atoms with E-state index < -0.39 is 5.97 Å². The molecule has 0 aliphatic carbocycles. The van der Waals surface area contributed by atoms with Crippen LogP contribution in [0.3, 0.4) is 0 Å². The van der Waals surface area contributed by atoms with E-state index in [1.807, 2.05) is 36.3 Å². The fraction of sp³-hybridized carbons (Fsp3) is 0. The highest BCUT2D eigenvalue weighted by atomic mass is 16.4. The third-order valence-corrected chi connectivity index (χ3v) is 2.55. The van der Waals surface area contributed by atoms with Gasteiger partial charge in [-0.05, 0) is 30.2 Å². The number of nitrogens with two attached hydrogens (primary N) is 1. The molecule has 0 atom stereocenters. The van der Waals surface area contributed by atoms with E-state index in [4.69, 9.17) is 5.73 Å². The van der Waals surface area contributed by atoms with E-state index in [1.165, 1.54) is 0 Å². The van der Waals surface area contributed by atoms with Gasteiger partial charge < -0.3 is 9.90 Å². The number of hydrogen-bond donors (Lipinski definition) is 2. The molecule has 1 heterocycles. The molecule has 0 amide bonds. The van der Waals surface area contributed by atoms with Crippen LogP contribution in [-0.4, -0.2) is 11.0 Å². The Kier molecular flexibility index (Phi) is 4.57. The smallest absolute Gasteiger partial charge is 0.351 e. The highest BCUT2D eigenvalue weighted by Crippen LogP contribution is 2.05. The average Bonchev–Trinajstić information content (AvgIpc) is 2.87. The molecule has 0 radical (unpaired) electrons. The minimum Gasteiger partial charge on any atom is -0.537 e. The van der Waals surface area contributed by atoms with Gasteiger partial charge in [0, 0.05) is 5.56 Å². The summed E-state index contributed by atoms with van der Waals surface area (Å²) in [5.74, 6) is 3.59. The van der Waals surface area contributed by atoms with Gasteiger partial charge in [0.05, 0.1) is 0 Å². The molecule has 5 heteroatoms. The summed E-state index contributed by atoms with van der Waals surface area (Å²) < 4.78 is 0. The van der Waals surface area contributed by atoms with Crippen LogP contribution in [0.1, 0.15) is 5.56 Å². The first-order chi connectivity index (χ1) is 10.1. The molecule has 0 aliphatic heterocycles. The zero-order valence-electron chi connectivity index (χ0n) is 11.1. The van der Waals surface area contributed by atoms with E-state index in [0.717, 1.165) is 11.0 Å². The zero-order valence-corrected chi connectivity index (χ0v) is 11.1. The van der Waals surface area contributed by atoms with E-state index in [-0.39, 0.29) is 0 Å². The molecular weight excluding hydrogens is 266 g/mol. The molecule has 5 nitrogen and oxygen atoms in total. The Labute approximate surface area is 121 Å². The summed E-state index contributed by atoms with van der Waals surface area (Å²) in [5.41, 5.74) is 8.24. The van der Waals surface area contributed by atoms with Crippen molar-refractivity contribution in [1.82, 2.24) is 4.98 Å². The van der Waals surface area contributed by atoms with E-state index in [0.29, 0.717) is 11.5 Å². The Bertz CT molecular complexity index is 765. The number of para-hydroxylation sites is 2. The lowest BCUT2D eigenvalue weighted by atomic mass is 10.2. The molecule has 21 heavy (non-hydrogen) atoms. The molecule has 4 N–H and O–H groups in total. The largest absolute Gasteiger partial charge is 0.537 e. The SMILES string of the molecule is Nc1[nH]c2ccccc2[nH+]1.O=C([O-])C#Cc1ccccc1. The van der Waals surface area contributed by atoms with E-state index in [2.05, 4.69) is 15.9 Å². The van der Waals surface area contributed by atoms with Crippen molar-refractivity contribution >= 4 is 23.0 Å². The first-order valence-electron chi connectivity index (χ1n) is 6.18. The predicted molar refractivity (Wildman–Crippen MR) is 77.6 cm³/mol. The van der Waals surface area contributed by atoms with Crippen molar-refractivity contribution in [2.75, 3.05) is 5.73 Å². The summed E-state index contributed by atoms with van der Waals surface area (Å²) in [6.45, 7) is 0. The number of hydrogen-bond acceptors (Lipinski definition) is 3. The van der Waals surface area contributed by atoms with Crippen LogP contribution < -0.4 is 15.8 Å². The van der Waals surface area contributed by atoms with Crippen LogP contribution in [0.2, 0.25) is 0 Å². The summed E-state index contributed by atoms with van der Waals surface area (Å²) in [4.78, 5) is 15.8. The number of carboxylic acid groups (broad SMARTS) is 1. The number of imidazole rings is 1. The van der Waals surface area contributed by atoms with Gasteiger partial charge >= 0.3 is 5.95 Å². The third-order valence-electron chi connectivity index (χ3n) is 2.55. The summed E-state index contributed by atoms with van der Waals surface area (Å²) >= 11 is 0. The highest BCUT2D eigenvalue weighted by Gasteiger charge is 2.00. The minimum atomic E-state index is -1.35. The highest BCUT2D eigenvalue weighted by molar-refractivity contribution is 5.85. The maximum Gasteiger partial charge on any atom is 0.351 e. The molecule has 0 spiro atoms. The van der Waals surface area contributed by atoms with Crippen molar-refractivity contribution in [3.05, 3.63) is 60.2 Å². The monoisotopic (exact) mass is 279 g/mol. The topological polar surface area (TPSA) is 96.1 Å². The van der Waals surface area contributed by atoms with Gasteiger partial charge in [0.2, 0.25) is 0 Å². The van der Waals surface area contributed by atoms with Gasteiger partial charge in [-0.25, -0.2) is 9.97 Å². The second-order valence-corrected chi connectivity index (χ2v) is 4.11. The number of H-pyrrole nitrogens is 2. The maximum atomic E-state index is 9.89. The van der Waals surface area contributed by atoms with Gasteiger partial charge in [0.25, 0.3) is 0 Å². The van der Waals surface area contributed by atoms with Crippen LogP contribution in [0.25, 0.3) is 11.0 Å². The molecule has 0 bridgehead atoms. The van der Waals surface area contributed by atoms with Gasteiger partial charge in [0.15, 0.2) is 0 Å². The van der Waals surface area contributed by atoms with Crippen LogP contribution in [0, 0.1) is 11.8 Å². The third kappa shape index (κ3) is 4.40. The van der Waals surface area contributed by atoms with Gasteiger partial charge in [-0.15, -0.1) is 0 Å². The summed E-state index contributed by atoms with van der Waals surface area (Å²) in [6.07, 6.45) is 0. The molecule has 0 saturated heterocycles. The molecule has 3 aromatic rings. The van der Waals surface area contributed by atoms with E-state index >= 15 is 0 Å². The van der Waals surface area contributed by atoms with E-state index in [1.54, 1.807) is 24.3 Å². The molecule has 0 fully saturated rings. The van der Waals surface area contributed by atoms with Crippen molar-refractivity contribution in [3.63, 3.8) is 0 Å². The van der Waals surface area contributed by atoms with Crippen molar-refractivity contribution in [1.29, 1.82) is 0 Å². The van der Waals surface area contributed by atoms with Gasteiger partial charge in [-0.1, -0.05) is 36.3 Å². The standard InChI is InChI=1S/C9H6O2.C7H7N3/c10-9(11)7-6-8-4-2-1-3-5-8;8-7-9-5-3-1-2-4-6(5)10-7/h1-5H,(H,10,11);1-4H,(H3,8,9,10). The number of benzene rings is 2. The van der Waals surface area contributed by atoms with Crippen molar-refractivity contribution in [3.8, 4) is 11.8 Å². The number of carbonyl (C=O) groups is 1. The lowest BCUT2D eigenvalue weighted by Gasteiger charge is -1.86. The molecule has 0 unspecified atom stereocenters. The Morgan fingerprint density at radius 1 is 1.10 bits per heavy atom. The number of fused-ring (bicyclic) bond motifs is 1. The molecular formula is C16H13N3O2. The van der Waals surface area contributed by atoms with Crippen molar-refractivity contribution < 1.29 is 14.9 Å². The molecule has 1 aromatic heterocycles. The van der Waals surface area contributed by atoms with Crippen molar-refractivity contribution in [2.24, 2.45) is 0 Å². The number of carbonyl (C=O) groups excluding carboxylic acids is 1. The van der Waals surface area contributed by atoms with E-state index in [9.17, 15) is 9.90 Å². The normalized spacial score (nSPS) is 9.14. The predicted octanol–water partition coefficient (Wildman–Crippen LogP) is 0.352. The zero-order chi connectivity index (χ0) is 15.1. The second-order valence-electron chi connectivity index (χ2n) is 4.11. The second kappa shape index (κ2) is 6.78. The first-order valence-corrected chi connectivity index (χ1v) is 6.18. The number of anilines is 1. The quantitative estimate of drug-likeness (QED) is 0.581. The van der Waals surface area contributed by atoms with Crippen LogP contribution in [0.5, 0.6) is 0 Å². The number of carboxylic acids is 1. The van der Waals surface area contributed by atoms with Gasteiger partial charge in [-0.2, -0.15) is 0 Å². The number of aliphatic carboxylic acids is 1. The van der Waals surface area contributed by atoms with Gasteiger partial charge in [-0.3, -0.25) is 5.73 Å². The number of rotatable bonds is 0. The number of aromatic amines is 2. The summed E-state index contributed by atoms with van der Waals surface area (Å²) in [7, 11) is 0. The summed E-state index contributed by atoms with van der Waals surface area (Å²) in [6, 6.07) is 16.8. The minimum absolute atomic E-state index is 0.598. The molecule has 2 aromatic carbocycles. The molecule has 0 aliphatic rings. The van der Waals surface area contributed by atoms with Crippen LogP contribution in [-0.2, 0) is 4.79 Å². The Hall–Kier alpha value is -3.26. The van der Waals surface area contributed by atoms with Gasteiger partial charge in [0.1, 0.15) is 17.0 Å². The lowest BCUT2D eigenvalue weighted by molar-refractivity contribution is -0.325. The average molecular weight is 279 g/mol. The lowest BCUT2D eigenvalue weighted by Crippen LogP contribution is -2.19. The number of nitrogens with one attached hydrogen (secondary N) is 2. The molecule has 104 valence electrons. The maximum absolute atomic E-state index is 9.89. The van der Waals surface area contributed by atoms with Crippen molar-refractivity contribution in [2.45, 2.75) is 0 Å². The molecule has 0 saturated carbocycles. The number of aromatic nitrogens is 2. The number of nitrogen functional groups attached to an aromatic ring is 1. The fourth-order valence-electron chi connectivity index (χ4n) is 1.67. The first kappa shape index (κ1) is 14.2. The Morgan fingerprint density at radius 3 is 2.43 bits per heavy atom. The fourth-order valence-corrected chi connectivity index (χ4v) is 1.67. The summed E-state index contributed by atoms with van der Waals surface area (Å²) in [5, 5.41) is 9.89. The molecule has 3 rings (SSSR count). The van der Waals surface area contributed by atoms with Crippen LogP contribution >= 0.6 is 0 Å². The van der Waals surface area contributed by atoms with Crippen LogP contribution in [0.15, 0.2) is 54.6 Å². The van der Waals surface area contributed by atoms with Crippen LogP contribution in [0.4, 0.5) is 5.95 Å². The Balaban J connectivity index is 0.000000154. The Morgan fingerprint density at radius 2 is 1.76 bits per heavy atom.